The van der Waals surface area contributed by atoms with Crippen molar-refractivity contribution in [1.29, 1.82) is 0 Å². The van der Waals surface area contributed by atoms with E-state index >= 15 is 0 Å². The Labute approximate surface area is 111 Å². The van der Waals surface area contributed by atoms with E-state index in [1.54, 1.807) is 6.92 Å². The first kappa shape index (κ1) is 12.6. The van der Waals surface area contributed by atoms with Crippen LogP contribution in [0, 0.1) is 0 Å². The molecular weight excluding hydrogens is 248 g/mol. The van der Waals surface area contributed by atoms with E-state index in [4.69, 9.17) is 14.0 Å². The number of ether oxygens (including phenoxy) is 2. The predicted octanol–water partition coefficient (Wildman–Crippen LogP) is 1.56. The quantitative estimate of drug-likeness (QED) is 0.770. The summed E-state index contributed by atoms with van der Waals surface area (Å²) >= 11 is 0. The van der Waals surface area contributed by atoms with Gasteiger partial charge < -0.3 is 14.0 Å². The Morgan fingerprint density at radius 1 is 1.53 bits per heavy atom. The van der Waals surface area contributed by atoms with Gasteiger partial charge in [0.05, 0.1) is 13.2 Å². The third-order valence-corrected chi connectivity index (χ3v) is 3.79. The van der Waals surface area contributed by atoms with Crippen molar-refractivity contribution >= 4 is 5.97 Å². The summed E-state index contributed by atoms with van der Waals surface area (Å²) in [5, 5.41) is 4.01. The molecule has 19 heavy (non-hydrogen) atoms. The van der Waals surface area contributed by atoms with Gasteiger partial charge in [0.15, 0.2) is 5.82 Å². The van der Waals surface area contributed by atoms with Crippen LogP contribution in [0.25, 0.3) is 0 Å². The first-order valence-electron chi connectivity index (χ1n) is 6.85. The number of carbonyl (C=O) groups excluding carboxylic acids is 1. The smallest absolute Gasteiger partial charge is 0.321 e. The van der Waals surface area contributed by atoms with E-state index in [-0.39, 0.29) is 11.9 Å². The van der Waals surface area contributed by atoms with Crippen LogP contribution in [0.5, 0.6) is 0 Å². The molecule has 2 heterocycles. The third kappa shape index (κ3) is 2.25. The Morgan fingerprint density at radius 2 is 2.37 bits per heavy atom. The summed E-state index contributed by atoms with van der Waals surface area (Å²) in [6, 6.07) is 0. The number of nitrogens with zero attached hydrogens (tertiary/aromatic N) is 2. The van der Waals surface area contributed by atoms with Crippen LogP contribution in [0.2, 0.25) is 0 Å². The standard InChI is InChI=1S/C13H18N2O4/c1-2-18-12(16)13(5-6-13)11-14-10(15-19-11)9-4-3-7-17-8-9/h9H,2-8H2,1H3. The molecule has 1 saturated heterocycles. The van der Waals surface area contributed by atoms with Gasteiger partial charge in [0.25, 0.3) is 0 Å². The lowest BCUT2D eigenvalue weighted by atomic mass is 10.0. The highest BCUT2D eigenvalue weighted by Crippen LogP contribution is 2.48. The number of esters is 1. The summed E-state index contributed by atoms with van der Waals surface area (Å²) in [7, 11) is 0. The molecule has 3 rings (SSSR count). The molecule has 0 N–H and O–H groups in total. The van der Waals surface area contributed by atoms with Crippen LogP contribution in [-0.4, -0.2) is 35.9 Å². The van der Waals surface area contributed by atoms with E-state index in [9.17, 15) is 4.79 Å². The lowest BCUT2D eigenvalue weighted by molar-refractivity contribution is -0.146. The zero-order valence-corrected chi connectivity index (χ0v) is 11.1. The Bertz CT molecular complexity index is 461. The highest BCUT2D eigenvalue weighted by molar-refractivity contribution is 5.85. The van der Waals surface area contributed by atoms with E-state index in [1.165, 1.54) is 0 Å². The van der Waals surface area contributed by atoms with Crippen LogP contribution in [-0.2, 0) is 19.7 Å². The maximum absolute atomic E-state index is 11.9. The molecule has 2 aliphatic rings. The van der Waals surface area contributed by atoms with Gasteiger partial charge in [0, 0.05) is 12.5 Å². The number of hydrogen-bond acceptors (Lipinski definition) is 6. The second kappa shape index (κ2) is 4.92. The van der Waals surface area contributed by atoms with Gasteiger partial charge in [-0.1, -0.05) is 5.16 Å². The summed E-state index contributed by atoms with van der Waals surface area (Å²) in [6.07, 6.45) is 3.48. The van der Waals surface area contributed by atoms with Crippen molar-refractivity contribution in [2.75, 3.05) is 19.8 Å². The van der Waals surface area contributed by atoms with Gasteiger partial charge in [-0.05, 0) is 32.6 Å². The summed E-state index contributed by atoms with van der Waals surface area (Å²) in [4.78, 5) is 16.4. The van der Waals surface area contributed by atoms with Gasteiger partial charge in [-0.3, -0.25) is 4.79 Å². The number of carbonyl (C=O) groups is 1. The molecule has 1 aromatic rings. The Kier molecular flexibility index (Phi) is 3.26. The number of rotatable bonds is 4. The van der Waals surface area contributed by atoms with Crippen LogP contribution < -0.4 is 0 Å². The second-order valence-corrected chi connectivity index (χ2v) is 5.17. The van der Waals surface area contributed by atoms with E-state index < -0.39 is 5.41 Å². The molecule has 0 bridgehead atoms. The van der Waals surface area contributed by atoms with Gasteiger partial charge in [-0.25, -0.2) is 0 Å². The van der Waals surface area contributed by atoms with Crippen LogP contribution in [0.4, 0.5) is 0 Å². The molecule has 1 unspecified atom stereocenters. The second-order valence-electron chi connectivity index (χ2n) is 5.17. The monoisotopic (exact) mass is 266 g/mol. The fourth-order valence-electron chi connectivity index (χ4n) is 2.44. The highest BCUT2D eigenvalue weighted by atomic mass is 16.5. The Balaban J connectivity index is 1.75. The van der Waals surface area contributed by atoms with Crippen LogP contribution >= 0.6 is 0 Å². The average Bonchev–Trinajstić information content (AvgIpc) is 3.11. The fourth-order valence-corrected chi connectivity index (χ4v) is 2.44. The van der Waals surface area contributed by atoms with Gasteiger partial charge >= 0.3 is 5.97 Å². The lowest BCUT2D eigenvalue weighted by Crippen LogP contribution is -2.24. The van der Waals surface area contributed by atoms with Crippen LogP contribution in [0.1, 0.15) is 50.2 Å². The van der Waals surface area contributed by atoms with Gasteiger partial charge in [-0.15, -0.1) is 0 Å². The minimum Gasteiger partial charge on any atom is -0.465 e. The minimum atomic E-state index is -0.670. The molecular formula is C13H18N2O4. The molecule has 0 radical (unpaired) electrons. The largest absolute Gasteiger partial charge is 0.465 e. The summed E-state index contributed by atoms with van der Waals surface area (Å²) in [5.41, 5.74) is -0.670. The topological polar surface area (TPSA) is 74.5 Å². The zero-order chi connectivity index (χ0) is 13.3. The number of aromatic nitrogens is 2. The van der Waals surface area contributed by atoms with Crippen molar-refractivity contribution in [2.45, 2.75) is 43.9 Å². The molecule has 0 amide bonds. The SMILES string of the molecule is CCOC(=O)C1(c2nc(C3CCCOC3)no2)CC1. The zero-order valence-electron chi connectivity index (χ0n) is 11.1. The van der Waals surface area contributed by atoms with Crippen LogP contribution in [0.15, 0.2) is 4.52 Å². The lowest BCUT2D eigenvalue weighted by Gasteiger charge is -2.18. The molecule has 1 atom stereocenters. The third-order valence-electron chi connectivity index (χ3n) is 3.79. The normalized spacial score (nSPS) is 25.0. The summed E-state index contributed by atoms with van der Waals surface area (Å²) in [5.74, 6) is 1.01. The maximum atomic E-state index is 11.9. The van der Waals surface area contributed by atoms with Gasteiger partial charge in [0.2, 0.25) is 5.89 Å². The summed E-state index contributed by atoms with van der Waals surface area (Å²) < 4.78 is 15.8. The summed E-state index contributed by atoms with van der Waals surface area (Å²) in [6.45, 7) is 3.60. The van der Waals surface area contributed by atoms with E-state index in [0.717, 1.165) is 32.3 Å². The van der Waals surface area contributed by atoms with Crippen molar-refractivity contribution in [3.05, 3.63) is 11.7 Å². The van der Waals surface area contributed by atoms with E-state index in [1.807, 2.05) is 0 Å². The number of hydrogen-bond donors (Lipinski definition) is 0. The van der Waals surface area contributed by atoms with E-state index in [2.05, 4.69) is 10.1 Å². The highest BCUT2D eigenvalue weighted by Gasteiger charge is 2.57. The van der Waals surface area contributed by atoms with Crippen LogP contribution in [0.3, 0.4) is 0 Å². The first-order chi connectivity index (χ1) is 9.26. The molecule has 6 heteroatoms. The van der Waals surface area contributed by atoms with Crippen molar-refractivity contribution in [2.24, 2.45) is 0 Å². The predicted molar refractivity (Wildman–Crippen MR) is 64.6 cm³/mol. The Morgan fingerprint density at radius 3 is 3.00 bits per heavy atom. The fraction of sp³-hybridized carbons (Fsp3) is 0.769. The minimum absolute atomic E-state index is 0.184. The molecule has 6 nitrogen and oxygen atoms in total. The molecule has 1 aliphatic carbocycles. The molecule has 0 aromatic carbocycles. The molecule has 2 fully saturated rings. The van der Waals surface area contributed by atoms with E-state index in [0.29, 0.717) is 24.9 Å². The maximum Gasteiger partial charge on any atom is 0.321 e. The first-order valence-corrected chi connectivity index (χ1v) is 6.85. The molecule has 1 aliphatic heterocycles. The van der Waals surface area contributed by atoms with Gasteiger partial charge in [0.1, 0.15) is 5.41 Å². The van der Waals surface area contributed by atoms with Crippen molar-refractivity contribution in [3.63, 3.8) is 0 Å². The van der Waals surface area contributed by atoms with Crippen molar-refractivity contribution in [1.82, 2.24) is 10.1 Å². The van der Waals surface area contributed by atoms with Crippen molar-refractivity contribution < 1.29 is 18.8 Å². The molecule has 0 spiro atoms. The Hall–Kier alpha value is -1.43. The average molecular weight is 266 g/mol. The van der Waals surface area contributed by atoms with Crippen molar-refractivity contribution in [3.8, 4) is 0 Å². The molecule has 1 saturated carbocycles. The van der Waals surface area contributed by atoms with Gasteiger partial charge in [-0.2, -0.15) is 4.98 Å². The molecule has 1 aromatic heterocycles. The molecule has 104 valence electrons.